The van der Waals surface area contributed by atoms with Crippen LogP contribution >= 0.6 is 22.9 Å². The molecule has 2 amide bonds. The number of nitrogens with one attached hydrogen (secondary N) is 2. The number of carbonyl (C=O) groups is 1. The molecule has 1 unspecified atom stereocenters. The highest BCUT2D eigenvalue weighted by molar-refractivity contribution is 7.15. The van der Waals surface area contributed by atoms with E-state index in [1.54, 1.807) is 25.3 Å². The number of rotatable bonds is 5. The van der Waals surface area contributed by atoms with E-state index in [-0.39, 0.29) is 12.1 Å². The summed E-state index contributed by atoms with van der Waals surface area (Å²) in [6, 6.07) is 8.79. The molecule has 0 bridgehead atoms. The molecule has 29 heavy (non-hydrogen) atoms. The van der Waals surface area contributed by atoms with E-state index in [0.717, 1.165) is 12.8 Å². The predicted molar refractivity (Wildman–Crippen MR) is 119 cm³/mol. The van der Waals surface area contributed by atoms with Crippen molar-refractivity contribution in [2.45, 2.75) is 38.6 Å². The van der Waals surface area contributed by atoms with Gasteiger partial charge in [-0.25, -0.2) is 4.79 Å². The van der Waals surface area contributed by atoms with Gasteiger partial charge in [0.1, 0.15) is 10.8 Å². The van der Waals surface area contributed by atoms with Gasteiger partial charge in [0.2, 0.25) is 0 Å². The van der Waals surface area contributed by atoms with E-state index in [4.69, 9.17) is 16.3 Å². The second-order valence-corrected chi connectivity index (χ2v) is 8.70. The largest absolute Gasteiger partial charge is 0.495 e. The first kappa shape index (κ1) is 19.9. The smallest absolute Gasteiger partial charge is 0.319 e. The number of hydrogen-bond donors (Lipinski definition) is 2. The fraction of sp³-hybridized carbons (Fsp3) is 0.318. The van der Waals surface area contributed by atoms with E-state index in [2.05, 4.69) is 27.6 Å². The monoisotopic (exact) mass is 429 g/mol. The highest BCUT2D eigenvalue weighted by Gasteiger charge is 2.26. The lowest BCUT2D eigenvalue weighted by atomic mass is 9.93. The van der Waals surface area contributed by atoms with Gasteiger partial charge in [-0.05, 0) is 68.5 Å². The van der Waals surface area contributed by atoms with Crippen LogP contribution < -0.4 is 15.4 Å². The molecule has 0 saturated heterocycles. The van der Waals surface area contributed by atoms with Gasteiger partial charge in [0, 0.05) is 27.9 Å². The van der Waals surface area contributed by atoms with Gasteiger partial charge in [0.05, 0.1) is 18.8 Å². The summed E-state index contributed by atoms with van der Waals surface area (Å²) >= 11 is 7.91. The maximum absolute atomic E-state index is 12.7. The zero-order chi connectivity index (χ0) is 20.4. The summed E-state index contributed by atoms with van der Waals surface area (Å²) < 4.78 is 7.47. The standard InChI is InChI=1S/C22H24ClN3O2S/c1-14(24-22(27)25-17-13-15(23)9-10-18(17)28-2)20-16-7-3-4-8-19(16)29-21(20)26-11-5-6-12-26/h5-6,9-14H,3-4,7-8H2,1-2H3,(H2,24,25,27). The Morgan fingerprint density at radius 3 is 2.76 bits per heavy atom. The number of anilines is 1. The van der Waals surface area contributed by atoms with Crippen molar-refractivity contribution >= 4 is 34.7 Å². The van der Waals surface area contributed by atoms with E-state index in [9.17, 15) is 4.79 Å². The fourth-order valence-corrected chi connectivity index (χ4v) is 5.51. The highest BCUT2D eigenvalue weighted by atomic mass is 35.5. The minimum absolute atomic E-state index is 0.129. The Balaban J connectivity index is 1.59. The Hall–Kier alpha value is -2.44. The molecule has 2 aromatic heterocycles. The van der Waals surface area contributed by atoms with Gasteiger partial charge in [0.15, 0.2) is 0 Å². The maximum atomic E-state index is 12.7. The third-order valence-electron chi connectivity index (χ3n) is 5.22. The minimum atomic E-state index is -0.285. The topological polar surface area (TPSA) is 55.3 Å². The number of benzene rings is 1. The number of thiophene rings is 1. The summed E-state index contributed by atoms with van der Waals surface area (Å²) in [6.07, 6.45) is 8.73. The average Bonchev–Trinajstić information content (AvgIpc) is 3.35. The summed E-state index contributed by atoms with van der Waals surface area (Å²) in [5.41, 5.74) is 3.16. The van der Waals surface area contributed by atoms with Gasteiger partial charge in [-0.15, -0.1) is 11.3 Å². The van der Waals surface area contributed by atoms with Crippen molar-refractivity contribution in [1.29, 1.82) is 0 Å². The molecule has 4 rings (SSSR count). The van der Waals surface area contributed by atoms with Gasteiger partial charge in [0.25, 0.3) is 0 Å². The van der Waals surface area contributed by atoms with Crippen molar-refractivity contribution in [3.8, 4) is 10.8 Å². The molecule has 0 aliphatic heterocycles. The van der Waals surface area contributed by atoms with Crippen LogP contribution in [0.15, 0.2) is 42.7 Å². The molecule has 2 heterocycles. The molecule has 0 radical (unpaired) electrons. The molecule has 1 aromatic carbocycles. The van der Waals surface area contributed by atoms with Crippen molar-refractivity contribution < 1.29 is 9.53 Å². The first-order valence-corrected chi connectivity index (χ1v) is 10.9. The average molecular weight is 430 g/mol. The Kier molecular flexibility index (Phi) is 5.83. The fourth-order valence-electron chi connectivity index (χ4n) is 3.89. The van der Waals surface area contributed by atoms with Gasteiger partial charge in [-0.3, -0.25) is 0 Å². The normalized spacial score (nSPS) is 14.2. The Morgan fingerprint density at radius 2 is 2.00 bits per heavy atom. The molecule has 7 heteroatoms. The van der Waals surface area contributed by atoms with E-state index in [1.807, 2.05) is 30.4 Å². The number of fused-ring (bicyclic) bond motifs is 1. The molecule has 5 nitrogen and oxygen atoms in total. The summed E-state index contributed by atoms with van der Waals surface area (Å²) in [5.74, 6) is 0.568. The van der Waals surface area contributed by atoms with Crippen molar-refractivity contribution in [3.05, 3.63) is 63.8 Å². The van der Waals surface area contributed by atoms with Gasteiger partial charge in [-0.1, -0.05) is 11.6 Å². The quantitative estimate of drug-likeness (QED) is 0.525. The number of hydrogen-bond acceptors (Lipinski definition) is 3. The third kappa shape index (κ3) is 4.14. The number of urea groups is 1. The molecule has 0 fully saturated rings. The van der Waals surface area contributed by atoms with Crippen molar-refractivity contribution in [2.24, 2.45) is 0 Å². The van der Waals surface area contributed by atoms with Crippen LogP contribution in [0.25, 0.3) is 5.00 Å². The first-order chi connectivity index (χ1) is 14.1. The Morgan fingerprint density at radius 1 is 1.24 bits per heavy atom. The molecular formula is C22H24ClN3O2S. The van der Waals surface area contributed by atoms with Crippen molar-refractivity contribution in [3.63, 3.8) is 0 Å². The maximum Gasteiger partial charge on any atom is 0.319 e. The Bertz CT molecular complexity index is 1010. The number of carbonyl (C=O) groups excluding carboxylic acids is 1. The lowest BCUT2D eigenvalue weighted by Gasteiger charge is -2.20. The first-order valence-electron chi connectivity index (χ1n) is 9.75. The van der Waals surface area contributed by atoms with Crippen LogP contribution in [0.5, 0.6) is 5.75 Å². The number of halogens is 1. The molecular weight excluding hydrogens is 406 g/mol. The Labute approximate surface area is 179 Å². The number of methoxy groups -OCH3 is 1. The summed E-state index contributed by atoms with van der Waals surface area (Å²) in [5, 5.41) is 7.69. The van der Waals surface area contributed by atoms with E-state index in [0.29, 0.717) is 16.5 Å². The molecule has 1 atom stereocenters. The van der Waals surface area contributed by atoms with E-state index in [1.165, 1.54) is 33.8 Å². The minimum Gasteiger partial charge on any atom is -0.495 e. The third-order valence-corrected chi connectivity index (χ3v) is 6.78. The van der Waals surface area contributed by atoms with Crippen LogP contribution in [0.4, 0.5) is 10.5 Å². The number of amides is 2. The SMILES string of the molecule is COc1ccc(Cl)cc1NC(=O)NC(C)c1c(-n2cccc2)sc2c1CCCC2. The molecule has 0 saturated carbocycles. The molecule has 152 valence electrons. The summed E-state index contributed by atoms with van der Waals surface area (Å²) in [4.78, 5) is 14.2. The lowest BCUT2D eigenvalue weighted by Crippen LogP contribution is -2.32. The zero-order valence-electron chi connectivity index (χ0n) is 16.5. The van der Waals surface area contributed by atoms with Gasteiger partial charge in [-0.2, -0.15) is 0 Å². The van der Waals surface area contributed by atoms with E-state index < -0.39 is 0 Å². The second kappa shape index (κ2) is 8.51. The van der Waals surface area contributed by atoms with Crippen LogP contribution in [0, 0.1) is 0 Å². The second-order valence-electron chi connectivity index (χ2n) is 7.18. The number of aryl methyl sites for hydroxylation is 1. The number of nitrogens with zero attached hydrogens (tertiary/aromatic N) is 1. The molecule has 2 N–H and O–H groups in total. The zero-order valence-corrected chi connectivity index (χ0v) is 18.1. The van der Waals surface area contributed by atoms with Crippen LogP contribution in [0.1, 0.15) is 41.8 Å². The highest BCUT2D eigenvalue weighted by Crippen LogP contribution is 2.40. The summed E-state index contributed by atoms with van der Waals surface area (Å²) in [7, 11) is 1.57. The van der Waals surface area contributed by atoms with Crippen LogP contribution in [0.3, 0.4) is 0 Å². The molecule has 0 spiro atoms. The number of ether oxygens (including phenoxy) is 1. The van der Waals surface area contributed by atoms with Crippen molar-refractivity contribution in [2.75, 3.05) is 12.4 Å². The molecule has 1 aliphatic rings. The molecule has 3 aromatic rings. The predicted octanol–water partition coefficient (Wildman–Crippen LogP) is 5.96. The van der Waals surface area contributed by atoms with Gasteiger partial charge >= 0.3 is 6.03 Å². The van der Waals surface area contributed by atoms with E-state index >= 15 is 0 Å². The van der Waals surface area contributed by atoms with Crippen LogP contribution in [-0.4, -0.2) is 17.7 Å². The van der Waals surface area contributed by atoms with Gasteiger partial charge < -0.3 is 19.9 Å². The van der Waals surface area contributed by atoms with Crippen LogP contribution in [0.2, 0.25) is 5.02 Å². The van der Waals surface area contributed by atoms with Crippen LogP contribution in [-0.2, 0) is 12.8 Å². The molecule has 1 aliphatic carbocycles. The van der Waals surface area contributed by atoms with Crippen molar-refractivity contribution in [1.82, 2.24) is 9.88 Å². The number of aromatic nitrogens is 1. The summed E-state index contributed by atoms with van der Waals surface area (Å²) in [6.45, 7) is 2.04. The lowest BCUT2D eigenvalue weighted by molar-refractivity contribution is 0.249.